The van der Waals surface area contributed by atoms with E-state index in [9.17, 15) is 4.79 Å². The van der Waals surface area contributed by atoms with Crippen LogP contribution in [0.3, 0.4) is 0 Å². The number of ether oxygens (including phenoxy) is 1. The van der Waals surface area contributed by atoms with Gasteiger partial charge in [-0.05, 0) is 18.9 Å². The van der Waals surface area contributed by atoms with Crippen LogP contribution in [0.15, 0.2) is 18.3 Å². The molecule has 1 spiro atoms. The van der Waals surface area contributed by atoms with E-state index in [1.807, 2.05) is 12.1 Å². The van der Waals surface area contributed by atoms with Crippen LogP contribution in [0.25, 0.3) is 0 Å². The summed E-state index contributed by atoms with van der Waals surface area (Å²) in [6, 6.07) is 3.88. The molecule has 1 saturated heterocycles. The van der Waals surface area contributed by atoms with E-state index in [1.54, 1.807) is 6.20 Å². The molecule has 15 heavy (non-hydrogen) atoms. The zero-order chi connectivity index (χ0) is 10.3. The minimum Gasteiger partial charge on any atom is -0.381 e. The standard InChI is InChI=1S/C11H12N2O2/c14-10-11(3-6-15-7-4-11)8-2-1-5-12-9(8)13-10/h1-2,5H,3-4,6-7H2,(H,12,13,14). The van der Waals surface area contributed by atoms with Gasteiger partial charge in [0.05, 0.1) is 5.41 Å². The largest absolute Gasteiger partial charge is 0.381 e. The maximum Gasteiger partial charge on any atom is 0.236 e. The molecule has 0 saturated carbocycles. The van der Waals surface area contributed by atoms with E-state index in [0.29, 0.717) is 13.2 Å². The van der Waals surface area contributed by atoms with Crippen LogP contribution < -0.4 is 5.32 Å². The van der Waals surface area contributed by atoms with Crippen molar-refractivity contribution in [3.8, 4) is 0 Å². The third kappa shape index (κ3) is 1.11. The van der Waals surface area contributed by atoms with Crippen LogP contribution >= 0.6 is 0 Å². The Bertz CT molecular complexity index is 411. The molecule has 1 N–H and O–H groups in total. The first kappa shape index (κ1) is 8.85. The number of carbonyl (C=O) groups is 1. The minimum absolute atomic E-state index is 0.0829. The number of fused-ring (bicyclic) bond motifs is 2. The Kier molecular flexibility index (Phi) is 1.79. The van der Waals surface area contributed by atoms with Crippen LogP contribution in [0.5, 0.6) is 0 Å². The summed E-state index contributed by atoms with van der Waals surface area (Å²) in [7, 11) is 0. The number of nitrogens with zero attached hydrogens (tertiary/aromatic N) is 1. The first-order valence-corrected chi connectivity index (χ1v) is 5.18. The summed E-state index contributed by atoms with van der Waals surface area (Å²) in [6.45, 7) is 1.31. The molecule has 0 unspecified atom stereocenters. The van der Waals surface area contributed by atoms with Gasteiger partial charge in [-0.2, -0.15) is 0 Å². The predicted octanol–water partition coefficient (Wildman–Crippen LogP) is 1.08. The lowest BCUT2D eigenvalue weighted by atomic mass is 9.76. The number of rotatable bonds is 0. The summed E-state index contributed by atoms with van der Waals surface area (Å²) in [6.07, 6.45) is 3.23. The second-order valence-corrected chi connectivity index (χ2v) is 4.05. The van der Waals surface area contributed by atoms with Crippen molar-refractivity contribution < 1.29 is 9.53 Å². The number of carbonyl (C=O) groups excluding carboxylic acids is 1. The lowest BCUT2D eigenvalue weighted by Gasteiger charge is -2.30. The molecule has 78 valence electrons. The molecule has 1 fully saturated rings. The maximum atomic E-state index is 12.0. The van der Waals surface area contributed by atoms with Gasteiger partial charge in [0.1, 0.15) is 5.82 Å². The summed E-state index contributed by atoms with van der Waals surface area (Å²) in [5, 5.41) is 2.85. The van der Waals surface area contributed by atoms with Gasteiger partial charge in [0.15, 0.2) is 0 Å². The number of aromatic nitrogens is 1. The number of anilines is 1. The second kappa shape index (κ2) is 3.03. The molecule has 0 aromatic carbocycles. The minimum atomic E-state index is -0.373. The lowest BCUT2D eigenvalue weighted by Crippen LogP contribution is -2.39. The van der Waals surface area contributed by atoms with Gasteiger partial charge in [0.2, 0.25) is 5.91 Å². The van der Waals surface area contributed by atoms with E-state index < -0.39 is 0 Å². The van der Waals surface area contributed by atoms with E-state index in [0.717, 1.165) is 24.2 Å². The highest BCUT2D eigenvalue weighted by atomic mass is 16.5. The van der Waals surface area contributed by atoms with Crippen molar-refractivity contribution in [2.75, 3.05) is 18.5 Å². The highest BCUT2D eigenvalue weighted by molar-refractivity contribution is 6.05. The molecule has 2 aliphatic heterocycles. The summed E-state index contributed by atoms with van der Waals surface area (Å²) in [5.41, 5.74) is 0.667. The Labute approximate surface area is 87.7 Å². The average molecular weight is 204 g/mol. The van der Waals surface area contributed by atoms with Crippen LogP contribution in [-0.2, 0) is 14.9 Å². The van der Waals surface area contributed by atoms with Crippen molar-refractivity contribution in [3.63, 3.8) is 0 Å². The summed E-state index contributed by atoms with van der Waals surface area (Å²) >= 11 is 0. The zero-order valence-electron chi connectivity index (χ0n) is 8.32. The van der Waals surface area contributed by atoms with Crippen LogP contribution in [0.4, 0.5) is 5.82 Å². The number of hydrogen-bond acceptors (Lipinski definition) is 3. The Morgan fingerprint density at radius 2 is 2.20 bits per heavy atom. The van der Waals surface area contributed by atoms with Gasteiger partial charge in [0.25, 0.3) is 0 Å². The van der Waals surface area contributed by atoms with Gasteiger partial charge in [0, 0.05) is 25.0 Å². The summed E-state index contributed by atoms with van der Waals surface area (Å²) < 4.78 is 5.32. The van der Waals surface area contributed by atoms with Crippen molar-refractivity contribution >= 4 is 11.7 Å². The third-order valence-electron chi connectivity index (χ3n) is 3.34. The van der Waals surface area contributed by atoms with E-state index in [1.165, 1.54) is 0 Å². The fourth-order valence-electron chi connectivity index (χ4n) is 2.46. The Balaban J connectivity index is 2.11. The molecule has 4 heteroatoms. The van der Waals surface area contributed by atoms with Gasteiger partial charge in [-0.1, -0.05) is 6.07 Å². The first-order chi connectivity index (χ1) is 7.33. The topological polar surface area (TPSA) is 51.2 Å². The average Bonchev–Trinajstić information content (AvgIpc) is 2.55. The van der Waals surface area contributed by atoms with E-state index in [4.69, 9.17) is 4.74 Å². The Morgan fingerprint density at radius 1 is 1.40 bits per heavy atom. The van der Waals surface area contributed by atoms with Gasteiger partial charge in [-0.15, -0.1) is 0 Å². The molecule has 4 nitrogen and oxygen atoms in total. The molecule has 0 radical (unpaired) electrons. The van der Waals surface area contributed by atoms with Crippen LogP contribution in [0, 0.1) is 0 Å². The fourth-order valence-corrected chi connectivity index (χ4v) is 2.46. The van der Waals surface area contributed by atoms with Crippen molar-refractivity contribution in [2.45, 2.75) is 18.3 Å². The lowest BCUT2D eigenvalue weighted by molar-refractivity contribution is -0.124. The molecule has 0 aliphatic carbocycles. The fraction of sp³-hybridized carbons (Fsp3) is 0.455. The van der Waals surface area contributed by atoms with Crippen LogP contribution in [0.2, 0.25) is 0 Å². The second-order valence-electron chi connectivity index (χ2n) is 4.05. The zero-order valence-corrected chi connectivity index (χ0v) is 8.32. The smallest absolute Gasteiger partial charge is 0.236 e. The molecule has 0 atom stereocenters. The number of pyridine rings is 1. The highest BCUT2D eigenvalue weighted by Gasteiger charge is 2.48. The van der Waals surface area contributed by atoms with Crippen molar-refractivity contribution in [1.82, 2.24) is 4.98 Å². The molecular formula is C11H12N2O2. The molecule has 3 rings (SSSR count). The van der Waals surface area contributed by atoms with Gasteiger partial charge < -0.3 is 10.1 Å². The van der Waals surface area contributed by atoms with Crippen LogP contribution in [0.1, 0.15) is 18.4 Å². The van der Waals surface area contributed by atoms with E-state index in [-0.39, 0.29) is 11.3 Å². The molecule has 3 heterocycles. The van der Waals surface area contributed by atoms with Crippen molar-refractivity contribution in [1.29, 1.82) is 0 Å². The molecule has 1 aromatic rings. The molecule has 1 aromatic heterocycles. The monoisotopic (exact) mass is 204 g/mol. The summed E-state index contributed by atoms with van der Waals surface area (Å²) in [4.78, 5) is 16.2. The van der Waals surface area contributed by atoms with Crippen molar-refractivity contribution in [2.24, 2.45) is 0 Å². The molecule has 0 bridgehead atoms. The SMILES string of the molecule is O=C1Nc2ncccc2C12CCOCC2. The number of hydrogen-bond donors (Lipinski definition) is 1. The van der Waals surface area contributed by atoms with E-state index in [2.05, 4.69) is 10.3 Å². The molecule has 1 amide bonds. The number of nitrogens with one attached hydrogen (secondary N) is 1. The quantitative estimate of drug-likeness (QED) is 0.688. The molecule has 2 aliphatic rings. The highest BCUT2D eigenvalue weighted by Crippen LogP contribution is 2.43. The number of amides is 1. The summed E-state index contributed by atoms with van der Waals surface area (Å²) in [5.74, 6) is 0.809. The first-order valence-electron chi connectivity index (χ1n) is 5.18. The van der Waals surface area contributed by atoms with Gasteiger partial charge >= 0.3 is 0 Å². The third-order valence-corrected chi connectivity index (χ3v) is 3.34. The Morgan fingerprint density at radius 3 is 3.00 bits per heavy atom. The van der Waals surface area contributed by atoms with Gasteiger partial charge in [-0.3, -0.25) is 4.79 Å². The van der Waals surface area contributed by atoms with Gasteiger partial charge in [-0.25, -0.2) is 4.98 Å². The normalized spacial score (nSPS) is 22.5. The van der Waals surface area contributed by atoms with E-state index >= 15 is 0 Å². The molecular weight excluding hydrogens is 192 g/mol. The van der Waals surface area contributed by atoms with Crippen LogP contribution in [-0.4, -0.2) is 24.1 Å². The predicted molar refractivity (Wildman–Crippen MR) is 54.6 cm³/mol. The Hall–Kier alpha value is -1.42. The van der Waals surface area contributed by atoms with Crippen molar-refractivity contribution in [3.05, 3.63) is 23.9 Å². The maximum absolute atomic E-state index is 12.0.